The number of methoxy groups -OCH3 is 1. The number of benzene rings is 1. The first kappa shape index (κ1) is 17.5. The highest BCUT2D eigenvalue weighted by molar-refractivity contribution is 7.89. The molecule has 1 heterocycles. The first-order valence-electron chi connectivity index (χ1n) is 7.42. The molecule has 2 aromatic rings. The Morgan fingerprint density at radius 1 is 1.26 bits per heavy atom. The lowest BCUT2D eigenvalue weighted by atomic mass is 10.1. The zero-order valence-electron chi connectivity index (χ0n) is 14.2. The number of rotatable bonds is 6. The van der Waals surface area contributed by atoms with Crippen molar-refractivity contribution >= 4 is 10.0 Å². The summed E-state index contributed by atoms with van der Waals surface area (Å²) in [6, 6.07) is 3.50. The van der Waals surface area contributed by atoms with Gasteiger partial charge in [0.15, 0.2) is 0 Å². The average Bonchev–Trinajstić information content (AvgIpc) is 2.88. The summed E-state index contributed by atoms with van der Waals surface area (Å²) >= 11 is 0. The van der Waals surface area contributed by atoms with Gasteiger partial charge in [-0.15, -0.1) is 0 Å². The predicted octanol–water partition coefficient (Wildman–Crippen LogP) is 2.26. The maximum atomic E-state index is 13.1. The molecule has 23 heavy (non-hydrogen) atoms. The molecule has 0 aliphatic rings. The van der Waals surface area contributed by atoms with E-state index in [-0.39, 0.29) is 0 Å². The van der Waals surface area contributed by atoms with Crippen LogP contribution in [0, 0.1) is 13.8 Å². The van der Waals surface area contributed by atoms with Crippen LogP contribution in [0.3, 0.4) is 0 Å². The topological polar surface area (TPSA) is 64.4 Å². The largest absolute Gasteiger partial charge is 0.497 e. The quantitative estimate of drug-likeness (QED) is 0.811. The minimum Gasteiger partial charge on any atom is -0.497 e. The fourth-order valence-electron chi connectivity index (χ4n) is 2.69. The minimum atomic E-state index is -3.59. The molecule has 0 N–H and O–H groups in total. The molecule has 6 nitrogen and oxygen atoms in total. The fraction of sp³-hybridized carbons (Fsp3) is 0.438. The molecule has 0 spiro atoms. The van der Waals surface area contributed by atoms with Crippen LogP contribution in [0.2, 0.25) is 0 Å². The van der Waals surface area contributed by atoms with E-state index in [2.05, 4.69) is 5.10 Å². The standard InChI is InChI=1S/C16H23N3O3S/c1-6-19(11-14-9-17-18(4)10-14)23(20,21)16-12(2)7-15(22-5)8-13(16)3/h7-10H,6,11H2,1-5H3. The van der Waals surface area contributed by atoms with Gasteiger partial charge in [-0.05, 0) is 37.1 Å². The molecule has 1 aromatic carbocycles. The van der Waals surface area contributed by atoms with Crippen LogP contribution in [0.1, 0.15) is 23.6 Å². The minimum absolute atomic E-state index is 0.303. The summed E-state index contributed by atoms with van der Waals surface area (Å²) in [7, 11) is -0.202. The monoisotopic (exact) mass is 337 g/mol. The Bertz CT molecular complexity index is 774. The summed E-state index contributed by atoms with van der Waals surface area (Å²) in [5, 5.41) is 4.10. The molecule has 126 valence electrons. The molecular weight excluding hydrogens is 314 g/mol. The Kier molecular flexibility index (Phi) is 5.11. The second-order valence-electron chi connectivity index (χ2n) is 5.54. The number of hydrogen-bond donors (Lipinski definition) is 0. The van der Waals surface area contributed by atoms with Crippen molar-refractivity contribution in [1.82, 2.24) is 14.1 Å². The van der Waals surface area contributed by atoms with Crippen LogP contribution >= 0.6 is 0 Å². The van der Waals surface area contributed by atoms with Gasteiger partial charge in [-0.3, -0.25) is 4.68 Å². The van der Waals surface area contributed by atoms with E-state index >= 15 is 0 Å². The van der Waals surface area contributed by atoms with E-state index in [1.807, 2.05) is 20.2 Å². The first-order valence-corrected chi connectivity index (χ1v) is 8.86. The van der Waals surface area contributed by atoms with Crippen LogP contribution < -0.4 is 4.74 Å². The second kappa shape index (κ2) is 6.72. The normalized spacial score (nSPS) is 11.9. The Hall–Kier alpha value is -1.86. The number of hydrogen-bond acceptors (Lipinski definition) is 4. The summed E-state index contributed by atoms with van der Waals surface area (Å²) in [6.07, 6.45) is 3.51. The van der Waals surface area contributed by atoms with Gasteiger partial charge in [0.1, 0.15) is 5.75 Å². The van der Waals surface area contributed by atoms with Crippen LogP contribution in [0.25, 0.3) is 0 Å². The van der Waals surface area contributed by atoms with Crippen molar-refractivity contribution in [3.63, 3.8) is 0 Å². The molecule has 0 aliphatic carbocycles. The third-order valence-electron chi connectivity index (χ3n) is 3.74. The molecular formula is C16H23N3O3S. The molecule has 0 unspecified atom stereocenters. The Balaban J connectivity index is 2.43. The van der Waals surface area contributed by atoms with Crippen LogP contribution in [0.4, 0.5) is 0 Å². The van der Waals surface area contributed by atoms with E-state index in [1.165, 1.54) is 4.31 Å². The van der Waals surface area contributed by atoms with Crippen LogP contribution in [-0.4, -0.2) is 36.2 Å². The summed E-state index contributed by atoms with van der Waals surface area (Å²) in [6.45, 7) is 6.11. The van der Waals surface area contributed by atoms with Crippen LogP contribution in [0.15, 0.2) is 29.4 Å². The summed E-state index contributed by atoms with van der Waals surface area (Å²) < 4.78 is 34.5. The molecule has 0 fully saturated rings. The van der Waals surface area contributed by atoms with Crippen molar-refractivity contribution in [1.29, 1.82) is 0 Å². The lowest BCUT2D eigenvalue weighted by Crippen LogP contribution is -2.31. The highest BCUT2D eigenvalue weighted by Crippen LogP contribution is 2.28. The smallest absolute Gasteiger partial charge is 0.243 e. The van der Waals surface area contributed by atoms with Crippen LogP contribution in [-0.2, 0) is 23.6 Å². The van der Waals surface area contributed by atoms with Crippen molar-refractivity contribution in [3.05, 3.63) is 41.2 Å². The van der Waals surface area contributed by atoms with Gasteiger partial charge in [0.05, 0.1) is 18.2 Å². The Morgan fingerprint density at radius 3 is 2.30 bits per heavy atom. The summed E-state index contributed by atoms with van der Waals surface area (Å²) in [4.78, 5) is 0.351. The first-order chi connectivity index (χ1) is 10.8. The lowest BCUT2D eigenvalue weighted by Gasteiger charge is -2.22. The Labute approximate surface area is 137 Å². The zero-order valence-corrected chi connectivity index (χ0v) is 15.0. The third kappa shape index (κ3) is 3.56. The maximum absolute atomic E-state index is 13.1. The lowest BCUT2D eigenvalue weighted by molar-refractivity contribution is 0.412. The third-order valence-corrected chi connectivity index (χ3v) is 5.96. The van der Waals surface area contributed by atoms with Crippen molar-refractivity contribution in [2.45, 2.75) is 32.2 Å². The van der Waals surface area contributed by atoms with Crippen LogP contribution in [0.5, 0.6) is 5.75 Å². The highest BCUT2D eigenvalue weighted by Gasteiger charge is 2.27. The molecule has 0 aliphatic heterocycles. The van der Waals surface area contributed by atoms with E-state index in [9.17, 15) is 8.42 Å². The highest BCUT2D eigenvalue weighted by atomic mass is 32.2. The van der Waals surface area contributed by atoms with Crippen molar-refractivity contribution in [2.24, 2.45) is 7.05 Å². The van der Waals surface area contributed by atoms with Gasteiger partial charge in [-0.2, -0.15) is 9.40 Å². The van der Waals surface area contributed by atoms with Gasteiger partial charge in [-0.1, -0.05) is 6.92 Å². The van der Waals surface area contributed by atoms with Gasteiger partial charge < -0.3 is 4.74 Å². The van der Waals surface area contributed by atoms with Gasteiger partial charge in [0.25, 0.3) is 0 Å². The summed E-state index contributed by atoms with van der Waals surface area (Å²) in [5.74, 6) is 0.661. The number of nitrogens with zero attached hydrogens (tertiary/aromatic N) is 3. The van der Waals surface area contributed by atoms with E-state index in [4.69, 9.17) is 4.74 Å². The molecule has 0 bridgehead atoms. The molecule has 0 radical (unpaired) electrons. The van der Waals surface area contributed by atoms with Gasteiger partial charge in [0, 0.05) is 31.9 Å². The molecule has 0 saturated heterocycles. The maximum Gasteiger partial charge on any atom is 0.243 e. The van der Waals surface area contributed by atoms with Crippen molar-refractivity contribution in [3.8, 4) is 5.75 Å². The fourth-order valence-corrected chi connectivity index (χ4v) is 4.54. The molecule has 0 amide bonds. The Morgan fingerprint density at radius 2 is 1.87 bits per heavy atom. The molecule has 1 aromatic heterocycles. The van der Waals surface area contributed by atoms with Crippen molar-refractivity contribution < 1.29 is 13.2 Å². The number of sulfonamides is 1. The van der Waals surface area contributed by atoms with Gasteiger partial charge in [-0.25, -0.2) is 8.42 Å². The van der Waals surface area contributed by atoms with Gasteiger partial charge >= 0.3 is 0 Å². The summed E-state index contributed by atoms with van der Waals surface area (Å²) in [5.41, 5.74) is 2.24. The zero-order chi connectivity index (χ0) is 17.2. The number of aryl methyl sites for hydroxylation is 3. The van der Waals surface area contributed by atoms with Crippen molar-refractivity contribution in [2.75, 3.05) is 13.7 Å². The molecule has 0 saturated carbocycles. The molecule has 0 atom stereocenters. The average molecular weight is 337 g/mol. The predicted molar refractivity (Wildman–Crippen MR) is 88.9 cm³/mol. The molecule has 2 rings (SSSR count). The number of ether oxygens (including phenoxy) is 1. The van der Waals surface area contributed by atoms with Gasteiger partial charge in [0.2, 0.25) is 10.0 Å². The van der Waals surface area contributed by atoms with E-state index in [0.717, 1.165) is 5.56 Å². The SMILES string of the molecule is CCN(Cc1cnn(C)c1)S(=O)(=O)c1c(C)cc(OC)cc1C. The van der Waals surface area contributed by atoms with E-state index in [0.29, 0.717) is 34.9 Å². The van der Waals surface area contributed by atoms with E-state index in [1.54, 1.807) is 44.0 Å². The molecule has 7 heteroatoms. The second-order valence-corrected chi connectivity index (χ2v) is 7.42. The number of aromatic nitrogens is 2. The van der Waals surface area contributed by atoms with E-state index < -0.39 is 10.0 Å².